The summed E-state index contributed by atoms with van der Waals surface area (Å²) in [4.78, 5) is 8.69. The van der Waals surface area contributed by atoms with Gasteiger partial charge in [0.25, 0.3) is 0 Å². The average Bonchev–Trinajstić information content (AvgIpc) is 2.26. The van der Waals surface area contributed by atoms with E-state index < -0.39 is 0 Å². The zero-order valence-electron chi connectivity index (χ0n) is 9.82. The molecule has 1 rings (SSSR count). The molecule has 0 amide bonds. The summed E-state index contributed by atoms with van der Waals surface area (Å²) in [5, 5.41) is 0. The smallest absolute Gasteiger partial charge is 0.127 e. The van der Waals surface area contributed by atoms with Gasteiger partial charge in [-0.25, -0.2) is 4.99 Å². The van der Waals surface area contributed by atoms with E-state index in [-0.39, 0.29) is 0 Å². The van der Waals surface area contributed by atoms with Gasteiger partial charge < -0.3 is 9.80 Å². The third-order valence-corrected chi connectivity index (χ3v) is 2.61. The summed E-state index contributed by atoms with van der Waals surface area (Å²) in [6.07, 6.45) is 7.29. The number of hydrogen-bond acceptors (Lipinski definition) is 3. The molecular formula is C12H21N3. The Morgan fingerprint density at radius 2 is 2.00 bits per heavy atom. The number of nitrogens with zero attached hydrogens (tertiary/aromatic N) is 3. The second kappa shape index (κ2) is 6.40. The lowest BCUT2D eigenvalue weighted by atomic mass is 10.3. The molecule has 0 spiro atoms. The number of allylic oxidation sites excluding steroid dienone is 3. The first-order valence-electron chi connectivity index (χ1n) is 5.55. The monoisotopic (exact) mass is 207 g/mol. The fraction of sp³-hybridized carbons (Fsp3) is 0.583. The van der Waals surface area contributed by atoms with Gasteiger partial charge >= 0.3 is 0 Å². The fourth-order valence-corrected chi connectivity index (χ4v) is 1.58. The Bertz CT molecular complexity index is 248. The number of rotatable bonds is 4. The van der Waals surface area contributed by atoms with Crippen LogP contribution in [0.4, 0.5) is 0 Å². The first kappa shape index (κ1) is 12.0. The molecule has 0 bridgehead atoms. The molecule has 3 nitrogen and oxygen atoms in total. The minimum atomic E-state index is 0.993. The number of likely N-dealkylation sites (N-methyl/N-ethyl adjacent to an activating group) is 1. The van der Waals surface area contributed by atoms with Crippen LogP contribution in [0.5, 0.6) is 0 Å². The van der Waals surface area contributed by atoms with E-state index in [1.54, 1.807) is 0 Å². The highest BCUT2D eigenvalue weighted by atomic mass is 15.3. The summed E-state index contributed by atoms with van der Waals surface area (Å²) in [5.41, 5.74) is 0. The fourth-order valence-electron chi connectivity index (χ4n) is 1.58. The maximum Gasteiger partial charge on any atom is 0.127 e. The molecule has 0 N–H and O–H groups in total. The Balaban J connectivity index is 2.54. The van der Waals surface area contributed by atoms with Gasteiger partial charge in [0.05, 0.1) is 0 Å². The van der Waals surface area contributed by atoms with Crippen LogP contribution in [0.25, 0.3) is 0 Å². The molecule has 0 radical (unpaired) electrons. The summed E-state index contributed by atoms with van der Waals surface area (Å²) in [7, 11) is 2.15. The largest absolute Gasteiger partial charge is 0.354 e. The zero-order chi connectivity index (χ0) is 11.1. The van der Waals surface area contributed by atoms with Gasteiger partial charge in [0.15, 0.2) is 0 Å². The standard InChI is InChI=1S/C12H21N3/c1-4-5-6-7-12(13-2)15-10-8-14(3)9-11-15/h5-7H,2,4,8-11H2,1,3H3/b6-5-,12-7+. The van der Waals surface area contributed by atoms with Crippen molar-refractivity contribution in [3.05, 3.63) is 24.0 Å². The number of hydrogen-bond donors (Lipinski definition) is 0. The van der Waals surface area contributed by atoms with Gasteiger partial charge in [0.1, 0.15) is 5.82 Å². The van der Waals surface area contributed by atoms with E-state index in [1.807, 2.05) is 6.08 Å². The average molecular weight is 207 g/mol. The Labute approximate surface area is 92.8 Å². The van der Waals surface area contributed by atoms with Crippen LogP contribution < -0.4 is 0 Å². The van der Waals surface area contributed by atoms with Crippen LogP contribution in [0.15, 0.2) is 29.0 Å². The Morgan fingerprint density at radius 3 is 2.53 bits per heavy atom. The molecule has 1 heterocycles. The molecular weight excluding hydrogens is 186 g/mol. The predicted octanol–water partition coefficient (Wildman–Crippen LogP) is 1.74. The molecule has 0 unspecified atom stereocenters. The maximum absolute atomic E-state index is 4.08. The van der Waals surface area contributed by atoms with Crippen LogP contribution in [0, 0.1) is 0 Å². The van der Waals surface area contributed by atoms with Crippen LogP contribution in [-0.2, 0) is 0 Å². The van der Waals surface area contributed by atoms with E-state index in [9.17, 15) is 0 Å². The third-order valence-electron chi connectivity index (χ3n) is 2.61. The topological polar surface area (TPSA) is 18.8 Å². The first-order valence-corrected chi connectivity index (χ1v) is 5.55. The lowest BCUT2D eigenvalue weighted by molar-refractivity contribution is 0.185. The quantitative estimate of drug-likeness (QED) is 0.516. The molecule has 84 valence electrons. The van der Waals surface area contributed by atoms with E-state index in [4.69, 9.17) is 0 Å². The molecule has 0 atom stereocenters. The first-order chi connectivity index (χ1) is 7.27. The van der Waals surface area contributed by atoms with Gasteiger partial charge in [-0.3, -0.25) is 0 Å². The minimum Gasteiger partial charge on any atom is -0.354 e. The zero-order valence-corrected chi connectivity index (χ0v) is 9.82. The second-order valence-electron chi connectivity index (χ2n) is 3.81. The van der Waals surface area contributed by atoms with Crippen molar-refractivity contribution >= 4 is 6.72 Å². The Morgan fingerprint density at radius 1 is 1.33 bits per heavy atom. The van der Waals surface area contributed by atoms with Gasteiger partial charge in [-0.1, -0.05) is 19.1 Å². The minimum absolute atomic E-state index is 0.993. The molecule has 1 fully saturated rings. The highest BCUT2D eigenvalue weighted by Crippen LogP contribution is 2.09. The van der Waals surface area contributed by atoms with Gasteiger partial charge in [-0.15, -0.1) is 0 Å². The summed E-state index contributed by atoms with van der Waals surface area (Å²) < 4.78 is 0. The van der Waals surface area contributed by atoms with Crippen LogP contribution in [-0.4, -0.2) is 49.7 Å². The third kappa shape index (κ3) is 3.88. The molecule has 0 aliphatic carbocycles. The van der Waals surface area contributed by atoms with E-state index >= 15 is 0 Å². The van der Waals surface area contributed by atoms with Crippen LogP contribution in [0.3, 0.4) is 0 Å². The molecule has 0 aromatic carbocycles. The lowest BCUT2D eigenvalue weighted by Gasteiger charge is -2.33. The van der Waals surface area contributed by atoms with Crippen LogP contribution in [0.1, 0.15) is 13.3 Å². The normalized spacial score (nSPS) is 19.9. The number of aliphatic imine (C=N–C) groups is 1. The summed E-state index contributed by atoms with van der Waals surface area (Å²) in [5.74, 6) is 0.993. The van der Waals surface area contributed by atoms with Gasteiger partial charge in [-0.2, -0.15) is 0 Å². The SMILES string of the molecule is C=N/C(=C\C=C/CC)N1CCN(C)CC1. The van der Waals surface area contributed by atoms with Crippen molar-refractivity contribution in [3.63, 3.8) is 0 Å². The van der Waals surface area contributed by atoms with Crippen molar-refractivity contribution in [2.24, 2.45) is 4.99 Å². The summed E-state index contributed by atoms with van der Waals surface area (Å²) >= 11 is 0. The van der Waals surface area contributed by atoms with Gasteiger partial charge in [0.2, 0.25) is 0 Å². The van der Waals surface area contributed by atoms with E-state index in [0.717, 1.165) is 38.4 Å². The molecule has 1 aliphatic heterocycles. The van der Waals surface area contributed by atoms with Crippen molar-refractivity contribution in [2.45, 2.75) is 13.3 Å². The van der Waals surface area contributed by atoms with Crippen molar-refractivity contribution < 1.29 is 0 Å². The van der Waals surface area contributed by atoms with Crippen molar-refractivity contribution in [1.29, 1.82) is 0 Å². The highest BCUT2D eigenvalue weighted by Gasteiger charge is 2.14. The van der Waals surface area contributed by atoms with Gasteiger partial charge in [0, 0.05) is 26.2 Å². The van der Waals surface area contributed by atoms with Crippen molar-refractivity contribution in [3.8, 4) is 0 Å². The second-order valence-corrected chi connectivity index (χ2v) is 3.81. The van der Waals surface area contributed by atoms with Crippen LogP contribution >= 0.6 is 0 Å². The molecule has 0 aromatic rings. The number of piperazine rings is 1. The molecule has 0 aromatic heterocycles. The van der Waals surface area contributed by atoms with Crippen molar-refractivity contribution in [2.75, 3.05) is 33.2 Å². The summed E-state index contributed by atoms with van der Waals surface area (Å²) in [6, 6.07) is 0. The van der Waals surface area contributed by atoms with Crippen molar-refractivity contribution in [1.82, 2.24) is 9.80 Å². The molecule has 0 saturated carbocycles. The summed E-state index contributed by atoms with van der Waals surface area (Å²) in [6.45, 7) is 10.0. The highest BCUT2D eigenvalue weighted by molar-refractivity contribution is 5.30. The van der Waals surface area contributed by atoms with E-state index in [1.165, 1.54) is 0 Å². The van der Waals surface area contributed by atoms with Crippen LogP contribution in [0.2, 0.25) is 0 Å². The maximum atomic E-state index is 4.08. The Hall–Kier alpha value is -1.09. The lowest BCUT2D eigenvalue weighted by Crippen LogP contribution is -2.43. The predicted molar refractivity (Wildman–Crippen MR) is 66.1 cm³/mol. The van der Waals surface area contributed by atoms with Gasteiger partial charge in [-0.05, 0) is 26.3 Å². The van der Waals surface area contributed by atoms with E-state index in [2.05, 4.69) is 47.6 Å². The Kier molecular flexibility index (Phi) is 5.12. The molecule has 15 heavy (non-hydrogen) atoms. The molecule has 3 heteroatoms. The molecule has 1 aliphatic rings. The molecule has 1 saturated heterocycles. The van der Waals surface area contributed by atoms with E-state index in [0.29, 0.717) is 0 Å².